The van der Waals surface area contributed by atoms with Crippen molar-refractivity contribution in [2.24, 2.45) is 5.73 Å². The Labute approximate surface area is 176 Å². The van der Waals surface area contributed by atoms with E-state index in [1.807, 2.05) is 62.5 Å². The minimum atomic E-state index is -0.114. The van der Waals surface area contributed by atoms with Crippen LogP contribution in [0.4, 0.5) is 0 Å². The SMILES string of the molecule is CCOc1ccc(CC(N)COc2cncc(-c3ccc4n[nH]c(C)c4c3)c2)cc1. The quantitative estimate of drug-likeness (QED) is 0.459. The minimum absolute atomic E-state index is 0.114. The molecule has 0 radical (unpaired) electrons. The van der Waals surface area contributed by atoms with E-state index in [2.05, 4.69) is 21.2 Å². The predicted molar refractivity (Wildman–Crippen MR) is 119 cm³/mol. The highest BCUT2D eigenvalue weighted by molar-refractivity contribution is 5.86. The molecule has 0 saturated heterocycles. The molecule has 0 amide bonds. The zero-order valence-corrected chi connectivity index (χ0v) is 17.3. The first kappa shape index (κ1) is 19.9. The summed E-state index contributed by atoms with van der Waals surface area (Å²) >= 11 is 0. The van der Waals surface area contributed by atoms with Crippen LogP contribution in [-0.4, -0.2) is 34.4 Å². The van der Waals surface area contributed by atoms with Crippen molar-refractivity contribution in [3.05, 3.63) is 72.2 Å². The zero-order chi connectivity index (χ0) is 20.9. The van der Waals surface area contributed by atoms with Gasteiger partial charge in [0.15, 0.2) is 0 Å². The third-order valence-corrected chi connectivity index (χ3v) is 4.99. The lowest BCUT2D eigenvalue weighted by atomic mass is 10.0. The van der Waals surface area contributed by atoms with Gasteiger partial charge in [-0.05, 0) is 61.7 Å². The average molecular weight is 402 g/mol. The molecule has 154 valence electrons. The molecule has 0 aliphatic rings. The number of aromatic amines is 1. The van der Waals surface area contributed by atoms with Gasteiger partial charge in [0.2, 0.25) is 0 Å². The second-order valence-electron chi connectivity index (χ2n) is 7.34. The number of pyridine rings is 1. The number of nitrogens with two attached hydrogens (primary N) is 1. The lowest BCUT2D eigenvalue weighted by Crippen LogP contribution is -2.30. The smallest absolute Gasteiger partial charge is 0.138 e. The largest absolute Gasteiger partial charge is 0.494 e. The van der Waals surface area contributed by atoms with Crippen LogP contribution in [0.25, 0.3) is 22.0 Å². The molecular weight excluding hydrogens is 376 g/mol. The molecule has 3 N–H and O–H groups in total. The average Bonchev–Trinajstić information content (AvgIpc) is 3.14. The van der Waals surface area contributed by atoms with Gasteiger partial charge >= 0.3 is 0 Å². The molecular formula is C24H26N4O2. The molecule has 0 bridgehead atoms. The Morgan fingerprint density at radius 2 is 1.80 bits per heavy atom. The van der Waals surface area contributed by atoms with Crippen LogP contribution in [0.2, 0.25) is 0 Å². The normalized spacial score (nSPS) is 12.1. The second-order valence-corrected chi connectivity index (χ2v) is 7.34. The van der Waals surface area contributed by atoms with Crippen LogP contribution in [-0.2, 0) is 6.42 Å². The molecule has 0 saturated carbocycles. The third-order valence-electron chi connectivity index (χ3n) is 4.99. The molecule has 30 heavy (non-hydrogen) atoms. The first-order valence-electron chi connectivity index (χ1n) is 10.1. The Bertz CT molecular complexity index is 1120. The van der Waals surface area contributed by atoms with Crippen molar-refractivity contribution < 1.29 is 9.47 Å². The fourth-order valence-electron chi connectivity index (χ4n) is 3.43. The van der Waals surface area contributed by atoms with Gasteiger partial charge in [0.25, 0.3) is 0 Å². The monoisotopic (exact) mass is 402 g/mol. The first-order valence-corrected chi connectivity index (χ1v) is 10.1. The summed E-state index contributed by atoms with van der Waals surface area (Å²) in [5.74, 6) is 1.58. The maximum absolute atomic E-state index is 6.28. The van der Waals surface area contributed by atoms with Crippen molar-refractivity contribution in [2.45, 2.75) is 26.3 Å². The molecule has 4 aromatic rings. The zero-order valence-electron chi connectivity index (χ0n) is 17.3. The molecule has 0 aliphatic carbocycles. The summed E-state index contributed by atoms with van der Waals surface area (Å²) in [6.45, 7) is 5.07. The number of fused-ring (bicyclic) bond motifs is 1. The Kier molecular flexibility index (Phi) is 5.95. The Morgan fingerprint density at radius 1 is 0.967 bits per heavy atom. The van der Waals surface area contributed by atoms with Crippen molar-refractivity contribution in [1.82, 2.24) is 15.2 Å². The number of aryl methyl sites for hydroxylation is 1. The molecule has 2 heterocycles. The number of hydrogen-bond acceptors (Lipinski definition) is 5. The molecule has 0 spiro atoms. The van der Waals surface area contributed by atoms with Crippen molar-refractivity contribution in [3.63, 3.8) is 0 Å². The van der Waals surface area contributed by atoms with Crippen LogP contribution in [0.1, 0.15) is 18.2 Å². The summed E-state index contributed by atoms with van der Waals surface area (Å²) in [7, 11) is 0. The van der Waals surface area contributed by atoms with Gasteiger partial charge < -0.3 is 15.2 Å². The Morgan fingerprint density at radius 3 is 2.60 bits per heavy atom. The van der Waals surface area contributed by atoms with Crippen LogP contribution in [0.3, 0.4) is 0 Å². The molecule has 6 heteroatoms. The van der Waals surface area contributed by atoms with Crippen LogP contribution >= 0.6 is 0 Å². The van der Waals surface area contributed by atoms with Crippen LogP contribution in [0.5, 0.6) is 11.5 Å². The van der Waals surface area contributed by atoms with E-state index in [1.165, 1.54) is 0 Å². The van der Waals surface area contributed by atoms with E-state index in [4.69, 9.17) is 15.2 Å². The van der Waals surface area contributed by atoms with Gasteiger partial charge in [-0.25, -0.2) is 0 Å². The fourth-order valence-corrected chi connectivity index (χ4v) is 3.43. The molecule has 2 aromatic heterocycles. The van der Waals surface area contributed by atoms with Gasteiger partial charge in [-0.3, -0.25) is 10.1 Å². The summed E-state index contributed by atoms with van der Waals surface area (Å²) in [4.78, 5) is 4.34. The number of H-pyrrole nitrogens is 1. The van der Waals surface area contributed by atoms with Gasteiger partial charge in [-0.2, -0.15) is 5.10 Å². The molecule has 6 nitrogen and oxygen atoms in total. The van der Waals surface area contributed by atoms with E-state index in [-0.39, 0.29) is 6.04 Å². The van der Waals surface area contributed by atoms with Gasteiger partial charge in [0, 0.05) is 28.9 Å². The van der Waals surface area contributed by atoms with Gasteiger partial charge in [0.05, 0.1) is 18.3 Å². The second kappa shape index (κ2) is 8.97. The highest BCUT2D eigenvalue weighted by Gasteiger charge is 2.09. The van der Waals surface area contributed by atoms with E-state index in [0.29, 0.717) is 19.0 Å². The summed E-state index contributed by atoms with van der Waals surface area (Å²) in [5, 5.41) is 8.41. The van der Waals surface area contributed by atoms with Crippen LogP contribution < -0.4 is 15.2 Å². The van der Waals surface area contributed by atoms with E-state index < -0.39 is 0 Å². The summed E-state index contributed by atoms with van der Waals surface area (Å²) in [6.07, 6.45) is 4.29. The number of nitrogens with zero attached hydrogens (tertiary/aromatic N) is 2. The topological polar surface area (TPSA) is 86.1 Å². The van der Waals surface area contributed by atoms with Crippen molar-refractivity contribution in [2.75, 3.05) is 13.2 Å². The number of hydrogen-bond donors (Lipinski definition) is 2. The minimum Gasteiger partial charge on any atom is -0.494 e. The number of benzene rings is 2. The highest BCUT2D eigenvalue weighted by Crippen LogP contribution is 2.27. The van der Waals surface area contributed by atoms with Gasteiger partial charge in [-0.15, -0.1) is 0 Å². The molecule has 0 aliphatic heterocycles. The van der Waals surface area contributed by atoms with Crippen LogP contribution in [0, 0.1) is 6.92 Å². The van der Waals surface area contributed by atoms with Crippen molar-refractivity contribution in [3.8, 4) is 22.6 Å². The lowest BCUT2D eigenvalue weighted by molar-refractivity contribution is 0.286. The molecule has 4 rings (SSSR count). The standard InChI is InChI=1S/C24H26N4O2/c1-3-29-21-7-4-17(5-8-21)10-20(25)15-30-22-11-19(13-26-14-22)18-6-9-24-23(12-18)16(2)27-28-24/h4-9,11-14,20H,3,10,15,25H2,1-2H3,(H,27,28). The molecule has 1 unspecified atom stereocenters. The van der Waals surface area contributed by atoms with E-state index in [1.54, 1.807) is 6.20 Å². The van der Waals surface area contributed by atoms with Crippen molar-refractivity contribution >= 4 is 10.9 Å². The van der Waals surface area contributed by atoms with E-state index >= 15 is 0 Å². The van der Waals surface area contributed by atoms with E-state index in [0.717, 1.165) is 45.5 Å². The molecule has 2 aromatic carbocycles. The fraction of sp³-hybridized carbons (Fsp3) is 0.250. The first-order chi connectivity index (χ1) is 14.6. The van der Waals surface area contributed by atoms with Crippen molar-refractivity contribution in [1.29, 1.82) is 0 Å². The maximum Gasteiger partial charge on any atom is 0.138 e. The third kappa shape index (κ3) is 4.60. The highest BCUT2D eigenvalue weighted by atomic mass is 16.5. The van der Waals surface area contributed by atoms with Crippen LogP contribution in [0.15, 0.2) is 60.9 Å². The summed E-state index contributed by atoms with van der Waals surface area (Å²) in [6, 6.07) is 16.1. The molecule has 1 atom stereocenters. The Hall–Kier alpha value is -3.38. The predicted octanol–water partition coefficient (Wildman–Crippen LogP) is 4.28. The van der Waals surface area contributed by atoms with Gasteiger partial charge in [0.1, 0.15) is 18.1 Å². The molecule has 0 fully saturated rings. The number of nitrogens with one attached hydrogen (secondary N) is 1. The summed E-state index contributed by atoms with van der Waals surface area (Å²) < 4.78 is 11.4. The number of ether oxygens (including phenoxy) is 2. The number of aromatic nitrogens is 3. The van der Waals surface area contributed by atoms with E-state index in [9.17, 15) is 0 Å². The summed E-state index contributed by atoms with van der Waals surface area (Å²) in [5.41, 5.74) is 11.5. The maximum atomic E-state index is 6.28. The lowest BCUT2D eigenvalue weighted by Gasteiger charge is -2.14. The van der Waals surface area contributed by atoms with Gasteiger partial charge in [-0.1, -0.05) is 18.2 Å². The Balaban J connectivity index is 1.39. The number of rotatable bonds is 8.